The van der Waals surface area contributed by atoms with Crippen molar-refractivity contribution in [2.45, 2.75) is 32.9 Å². The number of hydrogen-bond acceptors (Lipinski definition) is 4. The van der Waals surface area contributed by atoms with Crippen LogP contribution in [0.3, 0.4) is 0 Å². The number of carbonyl (C=O) groups excluding carboxylic acids is 2. The molecule has 1 heterocycles. The lowest BCUT2D eigenvalue weighted by atomic mass is 10.1. The van der Waals surface area contributed by atoms with Crippen LogP contribution in [0.15, 0.2) is 41.0 Å². The summed E-state index contributed by atoms with van der Waals surface area (Å²) >= 11 is 0. The van der Waals surface area contributed by atoms with E-state index >= 15 is 0 Å². The van der Waals surface area contributed by atoms with Gasteiger partial charge in [0.2, 0.25) is 5.91 Å². The van der Waals surface area contributed by atoms with Crippen LogP contribution in [0, 0.1) is 5.92 Å². The minimum absolute atomic E-state index is 0.120. The quantitative estimate of drug-likeness (QED) is 0.731. The predicted molar refractivity (Wildman–Crippen MR) is 109 cm³/mol. The number of urea groups is 1. The molecule has 2 N–H and O–H groups in total. The van der Waals surface area contributed by atoms with E-state index in [4.69, 9.17) is 4.42 Å². The zero-order valence-corrected chi connectivity index (χ0v) is 16.7. The second-order valence-electron chi connectivity index (χ2n) is 7.27. The molecule has 1 saturated carbocycles. The summed E-state index contributed by atoms with van der Waals surface area (Å²) in [5.74, 6) is 1.04. The van der Waals surface area contributed by atoms with Gasteiger partial charge in [-0.2, -0.15) is 0 Å². The van der Waals surface area contributed by atoms with Crippen molar-refractivity contribution in [1.29, 1.82) is 0 Å². The molecule has 1 aliphatic carbocycles. The average molecular weight is 384 g/mol. The van der Waals surface area contributed by atoms with E-state index in [0.29, 0.717) is 25.3 Å². The fraction of sp³-hybridized carbons (Fsp3) is 0.429. The van der Waals surface area contributed by atoms with Gasteiger partial charge >= 0.3 is 6.03 Å². The molecule has 1 aromatic carbocycles. The first-order chi connectivity index (χ1) is 13.5. The highest BCUT2D eigenvalue weighted by Crippen LogP contribution is 2.33. The predicted octanol–water partition coefficient (Wildman–Crippen LogP) is 3.43. The van der Waals surface area contributed by atoms with E-state index in [1.165, 1.54) is 0 Å². The van der Waals surface area contributed by atoms with E-state index in [1.807, 2.05) is 61.2 Å². The van der Waals surface area contributed by atoms with Crippen LogP contribution in [0.1, 0.15) is 31.1 Å². The van der Waals surface area contributed by atoms with E-state index in [9.17, 15) is 9.59 Å². The van der Waals surface area contributed by atoms with Crippen molar-refractivity contribution in [2.24, 2.45) is 5.92 Å². The van der Waals surface area contributed by atoms with E-state index in [2.05, 4.69) is 10.6 Å². The first-order valence-electron chi connectivity index (χ1n) is 9.64. The Kier molecular flexibility index (Phi) is 6.23. The average Bonchev–Trinajstić information content (AvgIpc) is 3.38. The maximum absolute atomic E-state index is 12.9. The van der Waals surface area contributed by atoms with Gasteiger partial charge in [0.05, 0.1) is 12.8 Å². The Hall–Kier alpha value is -2.96. The third kappa shape index (κ3) is 5.06. The van der Waals surface area contributed by atoms with Crippen molar-refractivity contribution in [1.82, 2.24) is 10.2 Å². The Balaban J connectivity index is 1.84. The topological polar surface area (TPSA) is 77.8 Å². The Morgan fingerprint density at radius 2 is 1.96 bits per heavy atom. The minimum atomic E-state index is -0.243. The number of rotatable bonds is 8. The maximum atomic E-state index is 12.9. The van der Waals surface area contributed by atoms with Gasteiger partial charge in [0.15, 0.2) is 0 Å². The zero-order valence-electron chi connectivity index (χ0n) is 16.7. The monoisotopic (exact) mass is 384 g/mol. The van der Waals surface area contributed by atoms with Crippen molar-refractivity contribution in [2.75, 3.05) is 30.9 Å². The van der Waals surface area contributed by atoms with E-state index < -0.39 is 0 Å². The number of amides is 3. The van der Waals surface area contributed by atoms with Crippen LogP contribution in [0.5, 0.6) is 0 Å². The molecule has 1 fully saturated rings. The summed E-state index contributed by atoms with van der Waals surface area (Å²) in [5, 5.41) is 5.57. The number of carbonyl (C=O) groups is 2. The first-order valence-corrected chi connectivity index (χ1v) is 9.64. The molecule has 1 aliphatic rings. The summed E-state index contributed by atoms with van der Waals surface area (Å²) in [5.41, 5.74) is 2.68. The molecular weight excluding hydrogens is 356 g/mol. The number of furan rings is 1. The second kappa shape index (κ2) is 8.82. The smallest absolute Gasteiger partial charge is 0.319 e. The molecule has 0 aliphatic heterocycles. The van der Waals surface area contributed by atoms with Crippen LogP contribution in [-0.4, -0.2) is 37.5 Å². The first kappa shape index (κ1) is 19.8. The lowest BCUT2D eigenvalue weighted by molar-refractivity contribution is -0.134. The van der Waals surface area contributed by atoms with Gasteiger partial charge in [-0.25, -0.2) is 4.79 Å². The molecule has 0 radical (unpaired) electrons. The third-order valence-electron chi connectivity index (χ3n) is 4.68. The van der Waals surface area contributed by atoms with Crippen molar-refractivity contribution in [3.05, 3.63) is 47.9 Å². The van der Waals surface area contributed by atoms with E-state index in [0.717, 1.165) is 29.9 Å². The molecule has 0 saturated heterocycles. The van der Waals surface area contributed by atoms with Gasteiger partial charge in [0.25, 0.3) is 0 Å². The van der Waals surface area contributed by atoms with Crippen LogP contribution >= 0.6 is 0 Å². The van der Waals surface area contributed by atoms with Gasteiger partial charge in [-0.1, -0.05) is 0 Å². The van der Waals surface area contributed by atoms with Gasteiger partial charge in [-0.3, -0.25) is 4.79 Å². The number of benzene rings is 1. The van der Waals surface area contributed by atoms with Crippen LogP contribution < -0.4 is 15.5 Å². The highest BCUT2D eigenvalue weighted by molar-refractivity contribution is 5.89. The van der Waals surface area contributed by atoms with E-state index in [-0.39, 0.29) is 17.9 Å². The molecule has 150 valence electrons. The summed E-state index contributed by atoms with van der Waals surface area (Å²) in [4.78, 5) is 28.6. The molecule has 7 nitrogen and oxygen atoms in total. The maximum Gasteiger partial charge on any atom is 0.319 e. The number of anilines is 2. The van der Waals surface area contributed by atoms with E-state index in [1.54, 1.807) is 6.26 Å². The van der Waals surface area contributed by atoms with Crippen LogP contribution in [0.4, 0.5) is 16.2 Å². The largest absolute Gasteiger partial charge is 0.467 e. The number of hydrogen-bond donors (Lipinski definition) is 2. The molecular formula is C21H28N4O3. The highest BCUT2D eigenvalue weighted by atomic mass is 16.3. The van der Waals surface area contributed by atoms with Crippen molar-refractivity contribution >= 4 is 23.3 Å². The molecule has 0 spiro atoms. The second-order valence-corrected chi connectivity index (χ2v) is 7.27. The van der Waals surface area contributed by atoms with Crippen molar-refractivity contribution in [3.63, 3.8) is 0 Å². The molecule has 7 heteroatoms. The summed E-state index contributed by atoms with van der Waals surface area (Å²) in [6, 6.07) is 9.23. The SMILES string of the molecule is CCNC(=O)Nc1ccc(N(C)C)c(CN(Cc2ccco2)C(=O)C2CC2)c1. The Morgan fingerprint density at radius 3 is 2.57 bits per heavy atom. The molecule has 0 unspecified atom stereocenters. The zero-order chi connectivity index (χ0) is 20.1. The fourth-order valence-corrected chi connectivity index (χ4v) is 3.16. The normalized spacial score (nSPS) is 13.1. The lowest BCUT2D eigenvalue weighted by Crippen LogP contribution is -2.32. The minimum Gasteiger partial charge on any atom is -0.467 e. The van der Waals surface area contributed by atoms with Gasteiger partial charge in [-0.05, 0) is 55.7 Å². The Labute approximate surface area is 165 Å². The van der Waals surface area contributed by atoms with Gasteiger partial charge in [0.1, 0.15) is 5.76 Å². The van der Waals surface area contributed by atoms with Crippen LogP contribution in [0.2, 0.25) is 0 Å². The number of nitrogens with one attached hydrogen (secondary N) is 2. The molecule has 3 amide bonds. The Bertz CT molecular complexity index is 813. The van der Waals surface area contributed by atoms with Gasteiger partial charge < -0.3 is 24.9 Å². The molecule has 3 rings (SSSR count). The van der Waals surface area contributed by atoms with Crippen LogP contribution in [-0.2, 0) is 17.9 Å². The lowest BCUT2D eigenvalue weighted by Gasteiger charge is -2.26. The molecule has 0 bridgehead atoms. The van der Waals surface area contributed by atoms with Gasteiger partial charge in [0, 0.05) is 44.5 Å². The highest BCUT2D eigenvalue weighted by Gasteiger charge is 2.34. The summed E-state index contributed by atoms with van der Waals surface area (Å²) in [6.45, 7) is 3.31. The van der Waals surface area contributed by atoms with Crippen LogP contribution in [0.25, 0.3) is 0 Å². The Morgan fingerprint density at radius 1 is 1.18 bits per heavy atom. The molecule has 1 aromatic heterocycles. The third-order valence-corrected chi connectivity index (χ3v) is 4.68. The standard InChI is InChI=1S/C21H28N4O3/c1-4-22-21(27)23-17-9-10-19(24(2)3)16(12-17)13-25(20(26)15-7-8-15)14-18-6-5-11-28-18/h5-6,9-12,15H,4,7-8,13-14H2,1-3H3,(H2,22,23,27). The summed E-state index contributed by atoms with van der Waals surface area (Å²) < 4.78 is 5.46. The molecule has 28 heavy (non-hydrogen) atoms. The molecule has 0 atom stereocenters. The fourth-order valence-electron chi connectivity index (χ4n) is 3.16. The molecule has 2 aromatic rings. The summed E-state index contributed by atoms with van der Waals surface area (Å²) in [7, 11) is 3.94. The van der Waals surface area contributed by atoms with Crippen molar-refractivity contribution < 1.29 is 14.0 Å². The van der Waals surface area contributed by atoms with Gasteiger partial charge in [-0.15, -0.1) is 0 Å². The van der Waals surface area contributed by atoms with Crippen molar-refractivity contribution in [3.8, 4) is 0 Å². The summed E-state index contributed by atoms with van der Waals surface area (Å²) in [6.07, 6.45) is 3.52. The number of nitrogens with zero attached hydrogens (tertiary/aromatic N) is 2.